The fourth-order valence-electron chi connectivity index (χ4n) is 3.82. The number of nitro groups is 1. The fraction of sp³-hybridized carbons (Fsp3) is 0.120. The van der Waals surface area contributed by atoms with Crippen LogP contribution in [0.15, 0.2) is 66.1 Å². The Morgan fingerprint density at radius 3 is 2.53 bits per heavy atom. The molecule has 0 radical (unpaired) electrons. The van der Waals surface area contributed by atoms with Crippen molar-refractivity contribution in [3.8, 4) is 29.1 Å². The molecule has 182 valence electrons. The number of non-ortho nitro benzene ring substituents is 1. The molecule has 1 aliphatic heterocycles. The number of carbonyl (C=O) groups is 1. The molecule has 0 aromatic heterocycles. The Labute approximate surface area is 210 Å². The van der Waals surface area contributed by atoms with Crippen LogP contribution in [-0.4, -0.2) is 25.1 Å². The lowest BCUT2D eigenvalue weighted by molar-refractivity contribution is -0.384. The van der Waals surface area contributed by atoms with Crippen LogP contribution in [0.1, 0.15) is 27.4 Å². The summed E-state index contributed by atoms with van der Waals surface area (Å²) in [7, 11) is 3.02. The standard InChI is InChI=1S/C25H18ClN3O7/c1-33-20-8-3-13(9-22(20)34-2)23-16-6-5-15(11-21(16)36-24(28)18(23)12-27)35-25(30)17-10-14(29(31)32)4-7-19(17)26/h3-11,23H,28H2,1-2H3. The van der Waals surface area contributed by atoms with E-state index >= 15 is 0 Å². The van der Waals surface area contributed by atoms with Crippen LogP contribution in [0.25, 0.3) is 0 Å². The van der Waals surface area contributed by atoms with Crippen molar-refractivity contribution >= 4 is 23.3 Å². The fourth-order valence-corrected chi connectivity index (χ4v) is 4.01. The van der Waals surface area contributed by atoms with Gasteiger partial charge in [-0.25, -0.2) is 4.79 Å². The van der Waals surface area contributed by atoms with Crippen LogP contribution in [0.3, 0.4) is 0 Å². The molecule has 1 atom stereocenters. The Kier molecular flexibility index (Phi) is 6.67. The molecular formula is C25H18ClN3O7. The molecule has 11 heteroatoms. The molecule has 0 fully saturated rings. The molecule has 0 spiro atoms. The number of fused-ring (bicyclic) bond motifs is 1. The van der Waals surface area contributed by atoms with E-state index in [0.29, 0.717) is 22.6 Å². The number of hydrogen-bond donors (Lipinski definition) is 1. The second kappa shape index (κ2) is 9.85. The van der Waals surface area contributed by atoms with Crippen LogP contribution in [0.4, 0.5) is 5.69 Å². The predicted octanol–water partition coefficient (Wildman–Crippen LogP) is 4.70. The Bertz CT molecular complexity index is 1460. The minimum Gasteiger partial charge on any atom is -0.493 e. The molecule has 0 bridgehead atoms. The Morgan fingerprint density at radius 1 is 1.11 bits per heavy atom. The zero-order chi connectivity index (χ0) is 26.0. The van der Waals surface area contributed by atoms with Gasteiger partial charge in [-0.2, -0.15) is 5.26 Å². The van der Waals surface area contributed by atoms with Gasteiger partial charge in [-0.05, 0) is 29.8 Å². The van der Waals surface area contributed by atoms with Gasteiger partial charge in [0.1, 0.15) is 23.1 Å². The SMILES string of the molecule is COc1ccc(C2C(C#N)=C(N)Oc3cc(OC(=O)c4cc([N+](=O)[O-])ccc4Cl)ccc32)cc1OC. The first-order valence-corrected chi connectivity index (χ1v) is 10.7. The van der Waals surface area contributed by atoms with Gasteiger partial charge in [0.25, 0.3) is 5.69 Å². The van der Waals surface area contributed by atoms with E-state index in [1.807, 2.05) is 0 Å². The summed E-state index contributed by atoms with van der Waals surface area (Å²) >= 11 is 6.04. The van der Waals surface area contributed by atoms with Gasteiger partial charge in [-0.1, -0.05) is 23.7 Å². The van der Waals surface area contributed by atoms with E-state index in [-0.39, 0.29) is 39.2 Å². The quantitative estimate of drug-likeness (QED) is 0.217. The number of hydrogen-bond acceptors (Lipinski definition) is 9. The largest absolute Gasteiger partial charge is 0.493 e. The zero-order valence-electron chi connectivity index (χ0n) is 19.0. The van der Waals surface area contributed by atoms with Gasteiger partial charge < -0.3 is 24.7 Å². The maximum Gasteiger partial charge on any atom is 0.345 e. The molecule has 3 aromatic carbocycles. The highest BCUT2D eigenvalue weighted by atomic mass is 35.5. The Morgan fingerprint density at radius 2 is 1.86 bits per heavy atom. The van der Waals surface area contributed by atoms with Crippen molar-refractivity contribution in [3.63, 3.8) is 0 Å². The second-order valence-electron chi connectivity index (χ2n) is 7.55. The number of benzene rings is 3. The number of allylic oxidation sites excluding steroid dienone is 1. The van der Waals surface area contributed by atoms with Crippen LogP contribution in [0.2, 0.25) is 5.02 Å². The maximum absolute atomic E-state index is 12.7. The van der Waals surface area contributed by atoms with Gasteiger partial charge in [-0.3, -0.25) is 10.1 Å². The van der Waals surface area contributed by atoms with Crippen LogP contribution < -0.4 is 24.7 Å². The maximum atomic E-state index is 12.7. The van der Waals surface area contributed by atoms with Crippen LogP contribution in [0.5, 0.6) is 23.0 Å². The number of halogens is 1. The van der Waals surface area contributed by atoms with Crippen molar-refractivity contribution in [2.45, 2.75) is 5.92 Å². The summed E-state index contributed by atoms with van der Waals surface area (Å²) in [4.78, 5) is 23.1. The lowest BCUT2D eigenvalue weighted by Gasteiger charge is -2.27. The molecule has 0 aliphatic carbocycles. The second-order valence-corrected chi connectivity index (χ2v) is 7.96. The summed E-state index contributed by atoms with van der Waals surface area (Å²) in [5.41, 5.74) is 7.08. The first-order valence-electron chi connectivity index (χ1n) is 10.4. The molecule has 0 saturated carbocycles. The van der Waals surface area contributed by atoms with Crippen molar-refractivity contribution in [1.82, 2.24) is 0 Å². The molecule has 2 N–H and O–H groups in total. The number of carbonyl (C=O) groups excluding carboxylic acids is 1. The van der Waals surface area contributed by atoms with Crippen molar-refractivity contribution in [3.05, 3.63) is 97.9 Å². The van der Waals surface area contributed by atoms with Gasteiger partial charge in [0.05, 0.1) is 35.6 Å². The van der Waals surface area contributed by atoms with Gasteiger partial charge in [0.15, 0.2) is 11.5 Å². The third-order valence-corrected chi connectivity index (χ3v) is 5.85. The minimum atomic E-state index is -0.892. The number of nitro benzene ring substituents is 1. The summed E-state index contributed by atoms with van der Waals surface area (Å²) in [5, 5.41) is 20.8. The number of nitriles is 1. The Hall–Kier alpha value is -4.75. The number of methoxy groups -OCH3 is 2. The van der Waals surface area contributed by atoms with Crippen LogP contribution in [0, 0.1) is 21.4 Å². The summed E-state index contributed by atoms with van der Waals surface area (Å²) in [6, 6.07) is 15.4. The smallest absolute Gasteiger partial charge is 0.345 e. The number of nitrogens with zero attached hydrogens (tertiary/aromatic N) is 2. The molecule has 1 unspecified atom stereocenters. The van der Waals surface area contributed by atoms with E-state index in [1.54, 1.807) is 24.3 Å². The summed E-state index contributed by atoms with van der Waals surface area (Å²) in [6.07, 6.45) is 0. The monoisotopic (exact) mass is 507 g/mol. The van der Waals surface area contributed by atoms with E-state index in [4.69, 9.17) is 36.3 Å². The van der Waals surface area contributed by atoms with E-state index in [0.717, 1.165) is 6.07 Å². The zero-order valence-corrected chi connectivity index (χ0v) is 19.7. The van der Waals surface area contributed by atoms with Gasteiger partial charge in [0.2, 0.25) is 5.88 Å². The third-order valence-electron chi connectivity index (χ3n) is 5.52. The van der Waals surface area contributed by atoms with Crippen LogP contribution >= 0.6 is 11.6 Å². The van der Waals surface area contributed by atoms with E-state index < -0.39 is 16.8 Å². The van der Waals surface area contributed by atoms with Crippen molar-refractivity contribution in [2.24, 2.45) is 5.73 Å². The average molecular weight is 508 g/mol. The molecule has 36 heavy (non-hydrogen) atoms. The van der Waals surface area contributed by atoms with Crippen molar-refractivity contribution in [2.75, 3.05) is 14.2 Å². The topological polar surface area (TPSA) is 147 Å². The number of ether oxygens (including phenoxy) is 4. The van der Waals surface area contributed by atoms with Gasteiger partial charge in [0, 0.05) is 23.8 Å². The molecule has 0 amide bonds. The normalized spacial score (nSPS) is 14.2. The van der Waals surface area contributed by atoms with Crippen molar-refractivity contribution in [1.29, 1.82) is 5.26 Å². The minimum absolute atomic E-state index is 0.000771. The molecule has 3 aromatic rings. The first-order chi connectivity index (χ1) is 17.3. The van der Waals surface area contributed by atoms with Crippen LogP contribution in [-0.2, 0) is 0 Å². The summed E-state index contributed by atoms with van der Waals surface area (Å²) in [5.74, 6) is -0.242. The molecule has 1 heterocycles. The number of nitrogens with two attached hydrogens (primary N) is 1. The highest BCUT2D eigenvalue weighted by Gasteiger charge is 2.32. The summed E-state index contributed by atoms with van der Waals surface area (Å²) in [6.45, 7) is 0. The molecule has 0 saturated heterocycles. The van der Waals surface area contributed by atoms with E-state index in [2.05, 4.69) is 6.07 Å². The molecular weight excluding hydrogens is 490 g/mol. The van der Waals surface area contributed by atoms with E-state index in [9.17, 15) is 20.2 Å². The third kappa shape index (κ3) is 4.47. The molecule has 4 rings (SSSR count). The molecule has 10 nitrogen and oxygen atoms in total. The van der Waals surface area contributed by atoms with Gasteiger partial charge in [-0.15, -0.1) is 0 Å². The summed E-state index contributed by atoms with van der Waals surface area (Å²) < 4.78 is 21.7. The first kappa shape index (κ1) is 24.4. The average Bonchev–Trinajstić information content (AvgIpc) is 2.87. The number of esters is 1. The Balaban J connectivity index is 1.71. The predicted molar refractivity (Wildman–Crippen MR) is 128 cm³/mol. The highest BCUT2D eigenvalue weighted by Crippen LogP contribution is 2.45. The lowest BCUT2D eigenvalue weighted by atomic mass is 9.83. The van der Waals surface area contributed by atoms with Crippen molar-refractivity contribution < 1.29 is 28.7 Å². The van der Waals surface area contributed by atoms with E-state index in [1.165, 1.54) is 38.5 Å². The number of rotatable bonds is 6. The molecule has 1 aliphatic rings. The highest BCUT2D eigenvalue weighted by molar-refractivity contribution is 6.33. The van der Waals surface area contributed by atoms with Gasteiger partial charge >= 0.3 is 5.97 Å². The lowest BCUT2D eigenvalue weighted by Crippen LogP contribution is -2.21.